The minimum atomic E-state index is -2.73. The number of rotatable bonds is 7. The van der Waals surface area contributed by atoms with Gasteiger partial charge in [0.25, 0.3) is 23.4 Å². The van der Waals surface area contributed by atoms with Crippen molar-refractivity contribution in [3.05, 3.63) is 54.1 Å². The minimum absolute atomic E-state index is 0.0697. The molecule has 1 aromatic heterocycles. The SMILES string of the molecule is CC1(c2ccc(N(C(=O)[C@H](F)Cl)[C@](C)(C(=O)N[C@H]3CC4CC3CC4(F)F)c3cncnc3)cc2)CC1. The number of nitrogens with zero attached hydrogens (tertiary/aromatic N) is 3. The van der Waals surface area contributed by atoms with E-state index < -0.39 is 40.9 Å². The summed E-state index contributed by atoms with van der Waals surface area (Å²) in [5.41, 5.74) is -2.55. The number of nitrogens with one attached hydrogen (secondary N) is 1. The molecule has 0 saturated heterocycles. The van der Waals surface area contributed by atoms with Crippen molar-refractivity contribution in [1.82, 2.24) is 15.3 Å². The third kappa shape index (κ3) is 4.15. The zero-order chi connectivity index (χ0) is 25.9. The molecule has 3 fully saturated rings. The maximum absolute atomic E-state index is 14.4. The normalized spacial score (nSPS) is 27.7. The molecule has 0 radical (unpaired) electrons. The Hall–Kier alpha value is -2.68. The molecule has 0 spiro atoms. The lowest BCUT2D eigenvalue weighted by molar-refractivity contribution is -0.132. The number of benzene rings is 1. The molecule has 1 heterocycles. The van der Waals surface area contributed by atoms with Gasteiger partial charge in [0.1, 0.15) is 6.33 Å². The average molecular weight is 521 g/mol. The van der Waals surface area contributed by atoms with E-state index in [2.05, 4.69) is 22.2 Å². The van der Waals surface area contributed by atoms with Crippen molar-refractivity contribution in [2.45, 2.75) is 74.5 Å². The Labute approximate surface area is 212 Å². The number of alkyl halides is 4. The first-order chi connectivity index (χ1) is 17.0. The first kappa shape index (κ1) is 25.0. The van der Waals surface area contributed by atoms with Crippen LogP contribution in [0.25, 0.3) is 0 Å². The van der Waals surface area contributed by atoms with Gasteiger partial charge in [0.15, 0.2) is 5.54 Å². The Morgan fingerprint density at radius 3 is 2.31 bits per heavy atom. The molecule has 1 N–H and O–H groups in total. The second-order valence-electron chi connectivity index (χ2n) is 10.8. The van der Waals surface area contributed by atoms with Crippen molar-refractivity contribution < 1.29 is 22.8 Å². The molecule has 3 aliphatic rings. The summed E-state index contributed by atoms with van der Waals surface area (Å²) in [6.07, 6.45) is 6.32. The third-order valence-electron chi connectivity index (χ3n) is 8.38. The highest BCUT2D eigenvalue weighted by Crippen LogP contribution is 2.54. The fraction of sp³-hybridized carbons (Fsp3) is 0.538. The molecule has 10 heteroatoms. The Balaban J connectivity index is 1.53. The van der Waals surface area contributed by atoms with Crippen LogP contribution in [0.4, 0.5) is 18.9 Å². The molecule has 192 valence electrons. The van der Waals surface area contributed by atoms with Crippen LogP contribution in [0.5, 0.6) is 0 Å². The van der Waals surface area contributed by atoms with Gasteiger partial charge in [0, 0.05) is 42.0 Å². The van der Waals surface area contributed by atoms with Crippen molar-refractivity contribution in [3.63, 3.8) is 0 Å². The molecule has 3 aliphatic carbocycles. The van der Waals surface area contributed by atoms with Crippen molar-refractivity contribution in [3.8, 4) is 0 Å². The van der Waals surface area contributed by atoms with Crippen LogP contribution in [-0.2, 0) is 20.5 Å². The summed E-state index contributed by atoms with van der Waals surface area (Å²) in [6.45, 7) is 3.61. The molecule has 36 heavy (non-hydrogen) atoms. The van der Waals surface area contributed by atoms with Gasteiger partial charge >= 0.3 is 0 Å². The van der Waals surface area contributed by atoms with Crippen molar-refractivity contribution in [2.75, 3.05) is 4.90 Å². The molecule has 2 unspecified atom stereocenters. The highest BCUT2D eigenvalue weighted by atomic mass is 35.5. The number of hydrogen-bond acceptors (Lipinski definition) is 4. The summed E-state index contributed by atoms with van der Waals surface area (Å²) >= 11 is 5.63. The van der Waals surface area contributed by atoms with Gasteiger partial charge in [-0.1, -0.05) is 30.7 Å². The van der Waals surface area contributed by atoms with E-state index in [9.17, 15) is 22.8 Å². The van der Waals surface area contributed by atoms with E-state index in [-0.39, 0.29) is 35.4 Å². The van der Waals surface area contributed by atoms with Crippen molar-refractivity contribution in [2.24, 2.45) is 11.8 Å². The number of hydrogen-bond donors (Lipinski definition) is 1. The van der Waals surface area contributed by atoms with Gasteiger partial charge < -0.3 is 5.32 Å². The molecular weight excluding hydrogens is 493 g/mol. The standard InChI is InChI=1S/C26H28ClF3N4O2/c1-24(7-8-24)16-3-5-19(6-4-16)34(22(35)21(27)28)25(2,18-12-31-14-32-13-18)23(36)33-20-10-17-9-15(20)11-26(17,29)30/h3-6,12-15,17,20-21H,7-11H2,1-2H3,(H,33,36)/t15?,17?,20-,21-,25-/m0/s1. The van der Waals surface area contributed by atoms with E-state index in [1.807, 2.05) is 12.1 Å². The molecule has 2 aromatic rings. The van der Waals surface area contributed by atoms with Gasteiger partial charge in [-0.3, -0.25) is 14.5 Å². The molecule has 6 nitrogen and oxygen atoms in total. The van der Waals surface area contributed by atoms with Crippen LogP contribution in [0, 0.1) is 11.8 Å². The monoisotopic (exact) mass is 520 g/mol. The molecule has 0 aliphatic heterocycles. The van der Waals surface area contributed by atoms with Crippen LogP contribution in [0.2, 0.25) is 0 Å². The zero-order valence-electron chi connectivity index (χ0n) is 20.1. The van der Waals surface area contributed by atoms with Gasteiger partial charge in [0.05, 0.1) is 0 Å². The fourth-order valence-corrected chi connectivity index (χ4v) is 5.90. The van der Waals surface area contributed by atoms with Crippen molar-refractivity contribution in [1.29, 1.82) is 0 Å². The van der Waals surface area contributed by atoms with Gasteiger partial charge in [-0.2, -0.15) is 0 Å². The van der Waals surface area contributed by atoms with Crippen LogP contribution in [0.3, 0.4) is 0 Å². The summed E-state index contributed by atoms with van der Waals surface area (Å²) in [5, 5.41) is 2.89. The molecule has 1 aromatic carbocycles. The predicted molar refractivity (Wildman–Crippen MR) is 128 cm³/mol. The minimum Gasteiger partial charge on any atom is -0.351 e. The maximum atomic E-state index is 14.4. The Kier molecular flexibility index (Phi) is 6.05. The highest BCUT2D eigenvalue weighted by Gasteiger charge is 2.58. The van der Waals surface area contributed by atoms with E-state index in [4.69, 9.17) is 11.6 Å². The summed E-state index contributed by atoms with van der Waals surface area (Å²) in [7, 11) is 0. The molecule has 5 rings (SSSR count). The molecular formula is C26H28ClF3N4O2. The Morgan fingerprint density at radius 2 is 1.81 bits per heavy atom. The van der Waals surface area contributed by atoms with Crippen LogP contribution in [-0.4, -0.2) is 39.4 Å². The molecule has 5 atom stereocenters. The largest absolute Gasteiger partial charge is 0.351 e. The lowest BCUT2D eigenvalue weighted by Crippen LogP contribution is -2.60. The smallest absolute Gasteiger partial charge is 0.278 e. The van der Waals surface area contributed by atoms with E-state index in [0.717, 1.165) is 23.3 Å². The molecule has 3 saturated carbocycles. The van der Waals surface area contributed by atoms with Crippen LogP contribution >= 0.6 is 11.6 Å². The first-order valence-corrected chi connectivity index (χ1v) is 12.6. The van der Waals surface area contributed by atoms with E-state index in [1.165, 1.54) is 25.6 Å². The van der Waals surface area contributed by atoms with Crippen molar-refractivity contribution >= 4 is 29.1 Å². The third-order valence-corrected chi connectivity index (χ3v) is 8.57. The van der Waals surface area contributed by atoms with E-state index in [0.29, 0.717) is 6.42 Å². The number of halogens is 4. The number of aromatic nitrogens is 2. The second kappa shape index (κ2) is 8.71. The second-order valence-corrected chi connectivity index (χ2v) is 11.1. The average Bonchev–Trinajstić information content (AvgIpc) is 3.37. The maximum Gasteiger partial charge on any atom is 0.278 e. The fourth-order valence-electron chi connectivity index (χ4n) is 5.80. The summed E-state index contributed by atoms with van der Waals surface area (Å²) < 4.78 is 42.5. The van der Waals surface area contributed by atoms with Crippen LogP contribution in [0.15, 0.2) is 43.0 Å². The number of amides is 2. The molecule has 2 bridgehead atoms. The number of fused-ring (bicyclic) bond motifs is 2. The number of carbonyl (C=O) groups excluding carboxylic acids is 2. The van der Waals surface area contributed by atoms with E-state index >= 15 is 0 Å². The van der Waals surface area contributed by atoms with Gasteiger partial charge in [-0.25, -0.2) is 23.1 Å². The molecule has 2 amide bonds. The predicted octanol–water partition coefficient (Wildman–Crippen LogP) is 4.86. The summed E-state index contributed by atoms with van der Waals surface area (Å²) in [5.74, 6) is -5.64. The lowest BCUT2D eigenvalue weighted by Gasteiger charge is -2.41. The van der Waals surface area contributed by atoms with Gasteiger partial charge in [0.2, 0.25) is 0 Å². The lowest BCUT2D eigenvalue weighted by atomic mass is 9.87. The first-order valence-electron chi connectivity index (χ1n) is 12.1. The van der Waals surface area contributed by atoms with Gasteiger partial charge in [-0.15, -0.1) is 0 Å². The quantitative estimate of drug-likeness (QED) is 0.529. The van der Waals surface area contributed by atoms with Crippen LogP contribution in [0.1, 0.15) is 57.1 Å². The number of anilines is 1. The Bertz CT molecular complexity index is 1160. The summed E-state index contributed by atoms with van der Waals surface area (Å²) in [6, 6.07) is 6.59. The van der Waals surface area contributed by atoms with E-state index in [1.54, 1.807) is 12.1 Å². The van der Waals surface area contributed by atoms with Crippen LogP contribution < -0.4 is 10.2 Å². The number of carbonyl (C=O) groups is 2. The summed E-state index contributed by atoms with van der Waals surface area (Å²) in [4.78, 5) is 36.2. The Morgan fingerprint density at radius 1 is 1.17 bits per heavy atom. The van der Waals surface area contributed by atoms with Gasteiger partial charge in [-0.05, 0) is 61.6 Å². The highest BCUT2D eigenvalue weighted by molar-refractivity contribution is 6.32. The topological polar surface area (TPSA) is 75.2 Å². The zero-order valence-corrected chi connectivity index (χ0v) is 20.8.